The van der Waals surface area contributed by atoms with Gasteiger partial charge in [-0.1, -0.05) is 0 Å². The lowest BCUT2D eigenvalue weighted by Gasteiger charge is -2.33. The highest BCUT2D eigenvalue weighted by Crippen LogP contribution is 2.27. The maximum Gasteiger partial charge on any atom is 0.430 e. The highest BCUT2D eigenvalue weighted by atomic mass is 32.1. The van der Waals surface area contributed by atoms with Crippen LogP contribution in [0.3, 0.4) is 0 Å². The number of nitrogens with two attached hydrogens (primary N) is 1. The number of halogens is 2. The number of fused-ring (bicyclic) bond motifs is 1. The van der Waals surface area contributed by atoms with E-state index >= 15 is 0 Å². The molecule has 2 aromatic heterocycles. The van der Waals surface area contributed by atoms with Crippen LogP contribution in [-0.4, -0.2) is 58.9 Å². The minimum absolute atomic E-state index is 0.000354. The van der Waals surface area contributed by atoms with Gasteiger partial charge in [0, 0.05) is 18.8 Å². The molecule has 10 nitrogen and oxygen atoms in total. The number of hydrogen-bond acceptors (Lipinski definition) is 10. The summed E-state index contributed by atoms with van der Waals surface area (Å²) in [7, 11) is 0. The van der Waals surface area contributed by atoms with Crippen LogP contribution in [0, 0.1) is 0 Å². The van der Waals surface area contributed by atoms with E-state index in [1.165, 1.54) is 40.7 Å². The number of anilines is 3. The second-order valence-corrected chi connectivity index (χ2v) is 7.07. The summed E-state index contributed by atoms with van der Waals surface area (Å²) in [5, 5.41) is 4.07. The summed E-state index contributed by atoms with van der Waals surface area (Å²) < 4.78 is 28.6. The molecular weight excluding hydrogens is 420 g/mol. The lowest BCUT2D eigenvalue weighted by molar-refractivity contribution is -0.0966. The summed E-state index contributed by atoms with van der Waals surface area (Å²) in [6, 6.07) is 5.53. The van der Waals surface area contributed by atoms with Crippen molar-refractivity contribution in [2.45, 2.75) is 6.61 Å². The van der Waals surface area contributed by atoms with Gasteiger partial charge in [-0.3, -0.25) is 5.32 Å². The van der Waals surface area contributed by atoms with Gasteiger partial charge in [0.15, 0.2) is 10.6 Å². The number of nitrogens with one attached hydrogen (secondary N) is 1. The predicted molar refractivity (Wildman–Crippen MR) is 107 cm³/mol. The number of hydroxylamine groups is 2. The number of nitrogen functional groups attached to an aromatic ring is 1. The van der Waals surface area contributed by atoms with Gasteiger partial charge in [-0.2, -0.15) is 13.8 Å². The van der Waals surface area contributed by atoms with Gasteiger partial charge < -0.3 is 20.2 Å². The second-order valence-electron chi connectivity index (χ2n) is 6.23. The van der Waals surface area contributed by atoms with Crippen LogP contribution in [0.25, 0.3) is 10.3 Å². The Morgan fingerprint density at radius 1 is 1.17 bits per heavy atom. The average molecular weight is 437 g/mol. The molecule has 3 aromatic rings. The van der Waals surface area contributed by atoms with Crippen LogP contribution < -0.4 is 20.7 Å². The van der Waals surface area contributed by atoms with Crippen LogP contribution >= 0.6 is 11.3 Å². The summed E-state index contributed by atoms with van der Waals surface area (Å²) >= 11 is 1.39. The number of hydrogen-bond donors (Lipinski definition) is 2. The molecule has 0 spiro atoms. The number of carbonyl (C=O) groups is 1. The van der Waals surface area contributed by atoms with E-state index in [2.05, 4.69) is 25.0 Å². The molecule has 1 saturated heterocycles. The minimum atomic E-state index is -2.90. The first-order valence-corrected chi connectivity index (χ1v) is 9.76. The van der Waals surface area contributed by atoms with Crippen molar-refractivity contribution in [3.63, 3.8) is 0 Å². The van der Waals surface area contributed by atoms with Crippen molar-refractivity contribution in [2.24, 2.45) is 0 Å². The van der Waals surface area contributed by atoms with Crippen molar-refractivity contribution in [3.8, 4) is 5.75 Å². The largest absolute Gasteiger partial charge is 0.435 e. The predicted octanol–water partition coefficient (Wildman–Crippen LogP) is 2.56. The number of benzene rings is 1. The maximum absolute atomic E-state index is 12.2. The van der Waals surface area contributed by atoms with E-state index in [-0.39, 0.29) is 11.7 Å². The van der Waals surface area contributed by atoms with Gasteiger partial charge in [-0.25, -0.2) is 14.8 Å². The molecule has 3 N–H and O–H groups in total. The molecule has 158 valence electrons. The van der Waals surface area contributed by atoms with Crippen LogP contribution in [0.5, 0.6) is 5.75 Å². The molecule has 1 aliphatic heterocycles. The molecule has 0 aliphatic carbocycles. The normalized spacial score (nSPS) is 14.8. The van der Waals surface area contributed by atoms with Crippen LogP contribution in [-0.2, 0) is 4.84 Å². The molecule has 1 fully saturated rings. The highest BCUT2D eigenvalue weighted by Gasteiger charge is 2.24. The number of ether oxygens (including phenoxy) is 1. The van der Waals surface area contributed by atoms with Gasteiger partial charge in [0.05, 0.1) is 18.6 Å². The van der Waals surface area contributed by atoms with Crippen LogP contribution in [0.2, 0.25) is 0 Å². The van der Waals surface area contributed by atoms with Gasteiger partial charge in [0.1, 0.15) is 11.3 Å². The van der Waals surface area contributed by atoms with Crippen molar-refractivity contribution >= 4 is 45.2 Å². The fraction of sp³-hybridized carbons (Fsp3) is 0.294. The first kappa shape index (κ1) is 20.0. The number of rotatable bonds is 5. The minimum Gasteiger partial charge on any atom is -0.435 e. The lowest BCUT2D eigenvalue weighted by atomic mass is 10.3. The summed E-state index contributed by atoms with van der Waals surface area (Å²) in [6.07, 6.45) is -0.681. The van der Waals surface area contributed by atoms with Crippen LogP contribution in [0.1, 0.15) is 0 Å². The van der Waals surface area contributed by atoms with Gasteiger partial charge in [-0.05, 0) is 24.3 Å². The molecule has 0 unspecified atom stereocenters. The monoisotopic (exact) mass is 437 g/mol. The number of nitrogens with zero attached hydrogens (tertiary/aromatic N) is 5. The third-order valence-corrected chi connectivity index (χ3v) is 4.99. The summed E-state index contributed by atoms with van der Waals surface area (Å²) in [5.74, 6) is 0.846. The van der Waals surface area contributed by atoms with Gasteiger partial charge in [-0.15, -0.1) is 16.4 Å². The van der Waals surface area contributed by atoms with E-state index in [1.54, 1.807) is 5.51 Å². The molecule has 4 rings (SSSR count). The molecule has 1 aromatic carbocycles. The highest BCUT2D eigenvalue weighted by molar-refractivity contribution is 7.16. The number of thiazole rings is 1. The van der Waals surface area contributed by atoms with Gasteiger partial charge in [0.25, 0.3) is 0 Å². The molecule has 30 heavy (non-hydrogen) atoms. The Kier molecular flexibility index (Phi) is 5.72. The topological polar surface area (TPSA) is 119 Å². The molecule has 1 amide bonds. The molecule has 1 aliphatic rings. The van der Waals surface area contributed by atoms with Crippen LogP contribution in [0.4, 0.5) is 31.0 Å². The fourth-order valence-corrected chi connectivity index (χ4v) is 3.61. The zero-order valence-corrected chi connectivity index (χ0v) is 16.3. The Morgan fingerprint density at radius 2 is 1.90 bits per heavy atom. The smallest absolute Gasteiger partial charge is 0.430 e. The van der Waals surface area contributed by atoms with Crippen molar-refractivity contribution in [2.75, 3.05) is 42.1 Å². The SMILES string of the molecule is Nc1nc(N2CCN(OC(=O)Nc3ccc(OC(F)F)cc3)CC2)c2ncsc2n1. The van der Waals surface area contributed by atoms with Crippen molar-refractivity contribution in [1.82, 2.24) is 20.0 Å². The quantitative estimate of drug-likeness (QED) is 0.621. The van der Waals surface area contributed by atoms with E-state index < -0.39 is 12.7 Å². The van der Waals surface area contributed by atoms with Crippen molar-refractivity contribution in [3.05, 3.63) is 29.8 Å². The number of amides is 1. The Hall–Kier alpha value is -3.32. The summed E-state index contributed by atoms with van der Waals surface area (Å²) in [5.41, 5.74) is 8.57. The third kappa shape index (κ3) is 4.63. The molecule has 0 atom stereocenters. The van der Waals surface area contributed by atoms with E-state index in [0.717, 1.165) is 4.83 Å². The zero-order chi connectivity index (χ0) is 21.1. The van der Waals surface area contributed by atoms with Gasteiger partial charge in [0.2, 0.25) is 5.95 Å². The van der Waals surface area contributed by atoms with E-state index in [0.29, 0.717) is 43.2 Å². The van der Waals surface area contributed by atoms with E-state index in [1.807, 2.05) is 4.90 Å². The third-order valence-electron chi connectivity index (χ3n) is 4.27. The zero-order valence-electron chi connectivity index (χ0n) is 15.5. The Labute approximate surface area is 173 Å². The standard InChI is InChI=1S/C17H17F2N7O3S/c18-15(19)28-11-3-1-10(2-4-11)22-17(27)29-26-7-5-25(6-8-26)13-12-14(30-9-21-12)24-16(20)23-13/h1-4,9,15H,5-8H2,(H,22,27)(H2,20,23,24). The second kappa shape index (κ2) is 8.59. The molecule has 13 heteroatoms. The van der Waals surface area contributed by atoms with Crippen molar-refractivity contribution < 1.29 is 23.1 Å². The molecule has 0 bridgehead atoms. The first-order valence-electron chi connectivity index (χ1n) is 8.88. The lowest BCUT2D eigenvalue weighted by Crippen LogP contribution is -2.47. The number of aromatic nitrogens is 3. The average Bonchev–Trinajstić information content (AvgIpc) is 3.17. The van der Waals surface area contributed by atoms with Crippen molar-refractivity contribution in [1.29, 1.82) is 0 Å². The molecule has 0 saturated carbocycles. The summed E-state index contributed by atoms with van der Waals surface area (Å²) in [4.78, 5) is 32.9. The van der Waals surface area contributed by atoms with E-state index in [4.69, 9.17) is 10.6 Å². The van der Waals surface area contributed by atoms with Crippen LogP contribution in [0.15, 0.2) is 29.8 Å². The number of carbonyl (C=O) groups excluding carboxylic acids is 1. The Bertz CT molecular complexity index is 1030. The number of alkyl halides is 2. The van der Waals surface area contributed by atoms with Gasteiger partial charge >= 0.3 is 12.7 Å². The fourth-order valence-electron chi connectivity index (χ4n) is 2.95. The molecule has 0 radical (unpaired) electrons. The number of piperazine rings is 1. The van der Waals surface area contributed by atoms with E-state index in [9.17, 15) is 13.6 Å². The molecular formula is C17H17F2N7O3S. The Morgan fingerprint density at radius 3 is 2.60 bits per heavy atom. The Balaban J connectivity index is 1.30. The molecule has 3 heterocycles. The first-order chi connectivity index (χ1) is 14.5. The maximum atomic E-state index is 12.2. The summed E-state index contributed by atoms with van der Waals surface area (Å²) in [6.45, 7) is -0.904.